The van der Waals surface area contributed by atoms with Crippen molar-refractivity contribution in [3.05, 3.63) is 93.0 Å². The van der Waals surface area contributed by atoms with E-state index in [0.29, 0.717) is 33.9 Å². The summed E-state index contributed by atoms with van der Waals surface area (Å²) < 4.78 is 112. The summed E-state index contributed by atoms with van der Waals surface area (Å²) >= 11 is 0. The van der Waals surface area contributed by atoms with Crippen molar-refractivity contribution >= 4 is 15.5 Å². The Hall–Kier alpha value is -3.27. The maximum Gasteiger partial charge on any atom is 0.416 e. The van der Waals surface area contributed by atoms with Crippen LogP contribution in [0.25, 0.3) is 5.70 Å². The van der Waals surface area contributed by atoms with Gasteiger partial charge in [-0.15, -0.1) is 0 Å². The molecule has 5 rings (SSSR count). The number of hydroxylamine groups is 2. The van der Waals surface area contributed by atoms with Crippen LogP contribution in [0.3, 0.4) is 0 Å². The van der Waals surface area contributed by atoms with Crippen LogP contribution in [0, 0.1) is 12.1 Å². The third-order valence-electron chi connectivity index (χ3n) is 7.68. The van der Waals surface area contributed by atoms with E-state index < -0.39 is 52.0 Å². The predicted octanol–water partition coefficient (Wildman–Crippen LogP) is 4.23. The van der Waals surface area contributed by atoms with Crippen LogP contribution >= 0.6 is 0 Å². The maximum absolute atomic E-state index is 14.3. The molecule has 0 saturated carbocycles. The number of nitrogens with zero attached hydrogens (tertiary/aromatic N) is 2. The standard InChI is InChI=1S/C28H29F6N4O4S/c1-17-4-2-3-5-21(17)24-14-25(37-6-8-43(40,41)9-7-37)42-26-22(15-35-16-36-26)23(38(24)39)12-18-10-19(27(29,30)31)13-20(11-18)28(32,33)34/h2-5,10-11,13-14,23,25,35-36H,6-9,12,15-16H2,1H3/q-1/b24-14-. The van der Waals surface area contributed by atoms with E-state index in [4.69, 9.17) is 4.74 Å². The van der Waals surface area contributed by atoms with Gasteiger partial charge in [-0.25, -0.2) is 8.42 Å². The molecule has 2 N–H and O–H groups in total. The minimum absolute atomic E-state index is 0.0518. The molecule has 3 aliphatic heterocycles. The summed E-state index contributed by atoms with van der Waals surface area (Å²) in [5, 5.41) is 21.0. The predicted molar refractivity (Wildman–Crippen MR) is 146 cm³/mol. The molecule has 0 aliphatic carbocycles. The SMILES string of the molecule is Cc1ccccc1/C1=C/C(N2CCS(=O)(=O)CC2)OC2=C(CNCN2)C(Cc2cc(C(F)(F)F)cc(C(F)(F)F)c2)N1[O-]. The van der Waals surface area contributed by atoms with E-state index in [0.717, 1.165) is 0 Å². The Labute approximate surface area is 244 Å². The number of ether oxygens (including phenoxy) is 1. The zero-order valence-electron chi connectivity index (χ0n) is 22.9. The first kappa shape index (κ1) is 31.2. The van der Waals surface area contributed by atoms with Crippen LogP contribution in [-0.2, 0) is 33.3 Å². The second-order valence-electron chi connectivity index (χ2n) is 10.7. The zero-order valence-corrected chi connectivity index (χ0v) is 23.7. The number of hydrogen-bond acceptors (Lipinski definition) is 8. The van der Waals surface area contributed by atoms with Gasteiger partial charge in [0, 0.05) is 36.9 Å². The highest BCUT2D eigenvalue weighted by Crippen LogP contribution is 2.38. The van der Waals surface area contributed by atoms with Gasteiger partial charge >= 0.3 is 12.4 Å². The Bertz CT molecular complexity index is 1490. The molecular weight excluding hydrogens is 602 g/mol. The lowest BCUT2D eigenvalue weighted by atomic mass is 9.93. The van der Waals surface area contributed by atoms with Crippen LogP contribution in [0.1, 0.15) is 27.8 Å². The van der Waals surface area contributed by atoms with Crippen molar-refractivity contribution in [2.24, 2.45) is 0 Å². The van der Waals surface area contributed by atoms with Gasteiger partial charge in [-0.05, 0) is 54.3 Å². The van der Waals surface area contributed by atoms with E-state index in [1.54, 1.807) is 36.1 Å². The smallest absolute Gasteiger partial charge is 0.416 e. The van der Waals surface area contributed by atoms with Gasteiger partial charge in [0.2, 0.25) is 0 Å². The van der Waals surface area contributed by atoms with Crippen LogP contribution < -0.4 is 10.6 Å². The highest BCUT2D eigenvalue weighted by Gasteiger charge is 2.38. The lowest BCUT2D eigenvalue weighted by Gasteiger charge is -2.47. The molecule has 8 nitrogen and oxygen atoms in total. The average molecular weight is 632 g/mol. The first-order chi connectivity index (χ1) is 20.1. The van der Waals surface area contributed by atoms with Gasteiger partial charge in [-0.1, -0.05) is 24.3 Å². The van der Waals surface area contributed by atoms with Crippen molar-refractivity contribution in [2.45, 2.75) is 38.0 Å². The van der Waals surface area contributed by atoms with Crippen molar-refractivity contribution in [3.63, 3.8) is 0 Å². The number of hydrogen-bond donors (Lipinski definition) is 2. The number of aryl methyl sites for hydroxylation is 1. The third kappa shape index (κ3) is 6.95. The molecule has 0 radical (unpaired) electrons. The minimum Gasteiger partial charge on any atom is -0.758 e. The zero-order chi connectivity index (χ0) is 31.2. The molecule has 0 spiro atoms. The van der Waals surface area contributed by atoms with Gasteiger partial charge in [-0.2, -0.15) is 26.3 Å². The molecule has 43 heavy (non-hydrogen) atoms. The number of benzene rings is 2. The molecule has 2 unspecified atom stereocenters. The van der Waals surface area contributed by atoms with E-state index >= 15 is 0 Å². The van der Waals surface area contributed by atoms with E-state index in [-0.39, 0.29) is 61.0 Å². The fourth-order valence-electron chi connectivity index (χ4n) is 5.39. The number of nitrogens with one attached hydrogen (secondary N) is 2. The summed E-state index contributed by atoms with van der Waals surface area (Å²) in [5.74, 6) is -0.0596. The Morgan fingerprint density at radius 2 is 1.63 bits per heavy atom. The van der Waals surface area contributed by atoms with Crippen LogP contribution in [-0.4, -0.2) is 68.5 Å². The number of alkyl halides is 6. The highest BCUT2D eigenvalue weighted by atomic mass is 32.2. The second kappa shape index (κ2) is 11.7. The first-order valence-electron chi connectivity index (χ1n) is 13.4. The first-order valence-corrected chi connectivity index (χ1v) is 15.3. The molecular formula is C28H29F6N4O4S-. The molecule has 2 aromatic carbocycles. The van der Waals surface area contributed by atoms with Crippen LogP contribution in [0.5, 0.6) is 0 Å². The highest BCUT2D eigenvalue weighted by molar-refractivity contribution is 7.91. The Balaban J connectivity index is 1.62. The molecule has 1 saturated heterocycles. The van der Waals surface area contributed by atoms with Gasteiger partial charge in [-0.3, -0.25) is 10.2 Å². The number of halogens is 6. The van der Waals surface area contributed by atoms with Gasteiger partial charge in [0.25, 0.3) is 0 Å². The summed E-state index contributed by atoms with van der Waals surface area (Å²) in [7, 11) is -3.24. The van der Waals surface area contributed by atoms with Gasteiger partial charge < -0.3 is 20.3 Å². The summed E-state index contributed by atoms with van der Waals surface area (Å²) in [6.45, 7) is 2.33. The Morgan fingerprint density at radius 3 is 2.23 bits per heavy atom. The Kier molecular flexibility index (Phi) is 8.46. The summed E-state index contributed by atoms with van der Waals surface area (Å²) in [6.07, 6.45) is -9.93. The van der Waals surface area contributed by atoms with E-state index in [9.17, 15) is 40.0 Å². The molecule has 234 valence electrons. The summed E-state index contributed by atoms with van der Waals surface area (Å²) in [6, 6.07) is 6.95. The van der Waals surface area contributed by atoms with E-state index in [2.05, 4.69) is 10.6 Å². The van der Waals surface area contributed by atoms with Crippen LogP contribution in [0.2, 0.25) is 0 Å². The number of rotatable bonds is 4. The van der Waals surface area contributed by atoms with Gasteiger partial charge in [0.05, 0.1) is 29.3 Å². The van der Waals surface area contributed by atoms with Gasteiger partial charge in [0.15, 0.2) is 21.9 Å². The van der Waals surface area contributed by atoms with Crippen molar-refractivity contribution in [1.29, 1.82) is 0 Å². The fourth-order valence-corrected chi connectivity index (χ4v) is 6.62. The second-order valence-corrected chi connectivity index (χ2v) is 13.0. The van der Waals surface area contributed by atoms with Crippen LogP contribution in [0.15, 0.2) is 60.0 Å². The van der Waals surface area contributed by atoms with Crippen molar-refractivity contribution in [3.8, 4) is 0 Å². The molecule has 2 atom stereocenters. The third-order valence-corrected chi connectivity index (χ3v) is 9.29. The normalized spacial score (nSPS) is 24.7. The number of sulfone groups is 1. The van der Waals surface area contributed by atoms with Gasteiger partial charge in [0.1, 0.15) is 0 Å². The van der Waals surface area contributed by atoms with E-state index in [1.807, 2.05) is 0 Å². The summed E-state index contributed by atoms with van der Waals surface area (Å²) in [5.41, 5.74) is -1.68. The van der Waals surface area contributed by atoms with E-state index in [1.165, 1.54) is 6.08 Å². The lowest BCUT2D eigenvalue weighted by molar-refractivity contribution is -0.143. The quantitative estimate of drug-likeness (QED) is 0.485. The molecule has 0 aromatic heterocycles. The summed E-state index contributed by atoms with van der Waals surface area (Å²) in [4.78, 5) is 1.77. The Morgan fingerprint density at radius 1 is 1.00 bits per heavy atom. The molecule has 2 aromatic rings. The van der Waals surface area contributed by atoms with Crippen molar-refractivity contribution in [1.82, 2.24) is 20.6 Å². The molecule has 15 heteroatoms. The maximum atomic E-state index is 14.3. The monoisotopic (exact) mass is 631 g/mol. The molecule has 3 aliphatic rings. The molecule has 3 heterocycles. The lowest BCUT2D eigenvalue weighted by Crippen LogP contribution is -2.51. The van der Waals surface area contributed by atoms with Crippen molar-refractivity contribution < 1.29 is 39.5 Å². The van der Waals surface area contributed by atoms with Crippen molar-refractivity contribution in [2.75, 3.05) is 37.8 Å². The largest absolute Gasteiger partial charge is 0.758 e. The minimum atomic E-state index is -5.04. The molecule has 0 amide bonds. The molecule has 1 fully saturated rings. The fraction of sp³-hybridized carbons (Fsp3) is 0.429. The van der Waals surface area contributed by atoms with Crippen LogP contribution in [0.4, 0.5) is 26.3 Å². The average Bonchev–Trinajstić information content (AvgIpc) is 2.93. The topological polar surface area (TPSA) is 97.0 Å². The molecule has 0 bridgehead atoms.